The number of amides is 1. The number of allylic oxidation sites excluding steroid dienone is 2. The van der Waals surface area contributed by atoms with Crippen molar-refractivity contribution in [3.63, 3.8) is 0 Å². The molecule has 1 aromatic carbocycles. The molecule has 0 fully saturated rings. The Bertz CT molecular complexity index is 536. The molecule has 0 heterocycles. The SMILES string of the molecule is O=C(O)[C@H]1CC=CC[C@H]1C(=O)NCCc1ccc(O)cc1. The lowest BCUT2D eigenvalue weighted by Crippen LogP contribution is -2.39. The number of carbonyl (C=O) groups excluding carboxylic acids is 1. The molecule has 0 aliphatic heterocycles. The molecule has 0 spiro atoms. The molecule has 1 amide bonds. The Hall–Kier alpha value is -2.30. The number of phenolic OH excluding ortho intramolecular Hbond substituents is 1. The summed E-state index contributed by atoms with van der Waals surface area (Å²) in [5.41, 5.74) is 1.01. The predicted octanol–water partition coefficient (Wildman–Crippen LogP) is 1.72. The van der Waals surface area contributed by atoms with E-state index in [4.69, 9.17) is 5.11 Å². The van der Waals surface area contributed by atoms with Gasteiger partial charge in [0, 0.05) is 6.54 Å². The van der Waals surface area contributed by atoms with Crippen LogP contribution < -0.4 is 5.32 Å². The fourth-order valence-electron chi connectivity index (χ4n) is 2.50. The van der Waals surface area contributed by atoms with Gasteiger partial charge < -0.3 is 15.5 Å². The average molecular weight is 289 g/mol. The summed E-state index contributed by atoms with van der Waals surface area (Å²) in [6.45, 7) is 0.455. The van der Waals surface area contributed by atoms with Crippen molar-refractivity contribution in [3.05, 3.63) is 42.0 Å². The van der Waals surface area contributed by atoms with Crippen molar-refractivity contribution in [1.29, 1.82) is 0 Å². The van der Waals surface area contributed by atoms with E-state index in [2.05, 4.69) is 5.32 Å². The second kappa shape index (κ2) is 6.92. The van der Waals surface area contributed by atoms with Gasteiger partial charge in [-0.25, -0.2) is 0 Å². The van der Waals surface area contributed by atoms with Crippen molar-refractivity contribution in [1.82, 2.24) is 5.32 Å². The molecule has 112 valence electrons. The molecule has 21 heavy (non-hydrogen) atoms. The zero-order valence-electron chi connectivity index (χ0n) is 11.7. The quantitative estimate of drug-likeness (QED) is 0.720. The molecular weight excluding hydrogens is 270 g/mol. The zero-order valence-corrected chi connectivity index (χ0v) is 11.7. The van der Waals surface area contributed by atoms with Crippen LogP contribution in [0.15, 0.2) is 36.4 Å². The molecule has 1 aliphatic carbocycles. The minimum Gasteiger partial charge on any atom is -0.508 e. The van der Waals surface area contributed by atoms with Gasteiger partial charge in [0.1, 0.15) is 5.75 Å². The van der Waals surface area contributed by atoms with Gasteiger partial charge in [-0.3, -0.25) is 9.59 Å². The summed E-state index contributed by atoms with van der Waals surface area (Å²) >= 11 is 0. The maximum Gasteiger partial charge on any atom is 0.307 e. The van der Waals surface area contributed by atoms with Gasteiger partial charge >= 0.3 is 5.97 Å². The van der Waals surface area contributed by atoms with Crippen molar-refractivity contribution in [3.8, 4) is 5.75 Å². The topological polar surface area (TPSA) is 86.6 Å². The van der Waals surface area contributed by atoms with Crippen LogP contribution in [0.2, 0.25) is 0 Å². The van der Waals surface area contributed by atoms with Crippen molar-refractivity contribution in [2.45, 2.75) is 19.3 Å². The lowest BCUT2D eigenvalue weighted by molar-refractivity contribution is -0.147. The van der Waals surface area contributed by atoms with E-state index in [-0.39, 0.29) is 11.7 Å². The molecular formula is C16H19NO4. The lowest BCUT2D eigenvalue weighted by atomic mass is 9.82. The minimum absolute atomic E-state index is 0.203. The Balaban J connectivity index is 1.85. The minimum atomic E-state index is -0.918. The number of aliphatic carboxylic acids is 1. The number of carbonyl (C=O) groups is 2. The van der Waals surface area contributed by atoms with Crippen LogP contribution in [0.5, 0.6) is 5.75 Å². The Morgan fingerprint density at radius 1 is 1.10 bits per heavy atom. The smallest absolute Gasteiger partial charge is 0.307 e. The molecule has 0 aromatic heterocycles. The summed E-state index contributed by atoms with van der Waals surface area (Å²) in [5.74, 6) is -2.04. The van der Waals surface area contributed by atoms with Gasteiger partial charge in [0.25, 0.3) is 0 Å². The normalized spacial score (nSPS) is 21.0. The molecule has 5 nitrogen and oxygen atoms in total. The van der Waals surface area contributed by atoms with E-state index in [0.29, 0.717) is 25.8 Å². The van der Waals surface area contributed by atoms with Crippen molar-refractivity contribution in [2.24, 2.45) is 11.8 Å². The predicted molar refractivity (Wildman–Crippen MR) is 77.8 cm³/mol. The third-order valence-electron chi connectivity index (χ3n) is 3.74. The van der Waals surface area contributed by atoms with E-state index in [1.54, 1.807) is 24.3 Å². The van der Waals surface area contributed by atoms with Crippen LogP contribution in [0.4, 0.5) is 0 Å². The molecule has 0 radical (unpaired) electrons. The molecule has 2 atom stereocenters. The van der Waals surface area contributed by atoms with Crippen molar-refractivity contribution in [2.75, 3.05) is 6.54 Å². The molecule has 1 aromatic rings. The summed E-state index contributed by atoms with van der Waals surface area (Å²) in [6, 6.07) is 6.79. The maximum atomic E-state index is 12.1. The standard InChI is InChI=1S/C16H19NO4/c18-12-7-5-11(6-8-12)9-10-17-15(19)13-3-1-2-4-14(13)16(20)21/h1-2,5-8,13-14,18H,3-4,9-10H2,(H,17,19)(H,20,21)/t13-,14+/m1/s1. The first-order chi connectivity index (χ1) is 10.1. The number of aromatic hydroxyl groups is 1. The highest BCUT2D eigenvalue weighted by Crippen LogP contribution is 2.26. The van der Waals surface area contributed by atoms with E-state index >= 15 is 0 Å². The van der Waals surface area contributed by atoms with Crippen LogP contribution >= 0.6 is 0 Å². The highest BCUT2D eigenvalue weighted by Gasteiger charge is 2.33. The Morgan fingerprint density at radius 3 is 2.33 bits per heavy atom. The molecule has 0 saturated carbocycles. The van der Waals surface area contributed by atoms with Gasteiger partial charge in [-0.05, 0) is 37.0 Å². The van der Waals surface area contributed by atoms with Crippen LogP contribution in [0.1, 0.15) is 18.4 Å². The largest absolute Gasteiger partial charge is 0.508 e. The summed E-state index contributed by atoms with van der Waals surface area (Å²) in [6.07, 6.45) is 5.21. The number of benzene rings is 1. The Kier molecular flexibility index (Phi) is 4.98. The van der Waals surface area contributed by atoms with Gasteiger partial charge in [0.2, 0.25) is 5.91 Å². The highest BCUT2D eigenvalue weighted by molar-refractivity contribution is 5.85. The second-order valence-corrected chi connectivity index (χ2v) is 5.20. The van der Waals surface area contributed by atoms with E-state index in [0.717, 1.165) is 5.56 Å². The number of carboxylic acids is 1. The third kappa shape index (κ3) is 4.08. The first kappa shape index (κ1) is 15.1. The molecule has 2 rings (SSSR count). The third-order valence-corrected chi connectivity index (χ3v) is 3.74. The van der Waals surface area contributed by atoms with E-state index in [9.17, 15) is 14.7 Å². The number of phenols is 1. The van der Waals surface area contributed by atoms with Gasteiger partial charge in [0.15, 0.2) is 0 Å². The fourth-order valence-corrected chi connectivity index (χ4v) is 2.50. The molecule has 0 bridgehead atoms. The summed E-state index contributed by atoms with van der Waals surface area (Å²) in [7, 11) is 0. The zero-order chi connectivity index (χ0) is 15.2. The summed E-state index contributed by atoms with van der Waals surface area (Å²) in [5, 5.41) is 21.1. The fraction of sp³-hybridized carbons (Fsp3) is 0.375. The summed E-state index contributed by atoms with van der Waals surface area (Å²) < 4.78 is 0. The first-order valence-electron chi connectivity index (χ1n) is 7.01. The van der Waals surface area contributed by atoms with Crippen LogP contribution in [0.3, 0.4) is 0 Å². The lowest BCUT2D eigenvalue weighted by Gasteiger charge is -2.24. The van der Waals surface area contributed by atoms with E-state index in [1.165, 1.54) is 0 Å². The van der Waals surface area contributed by atoms with Crippen LogP contribution in [-0.4, -0.2) is 28.6 Å². The molecule has 0 unspecified atom stereocenters. The Labute approximate surface area is 123 Å². The average Bonchev–Trinajstić information content (AvgIpc) is 2.49. The van der Waals surface area contributed by atoms with Crippen LogP contribution in [0.25, 0.3) is 0 Å². The first-order valence-corrected chi connectivity index (χ1v) is 7.01. The highest BCUT2D eigenvalue weighted by atomic mass is 16.4. The number of rotatable bonds is 5. The number of nitrogens with one attached hydrogen (secondary N) is 1. The van der Waals surface area contributed by atoms with Crippen molar-refractivity contribution >= 4 is 11.9 Å². The van der Waals surface area contributed by atoms with Crippen LogP contribution in [-0.2, 0) is 16.0 Å². The molecule has 1 aliphatic rings. The molecule has 0 saturated heterocycles. The number of hydrogen-bond acceptors (Lipinski definition) is 3. The van der Waals surface area contributed by atoms with E-state index < -0.39 is 17.8 Å². The monoisotopic (exact) mass is 289 g/mol. The molecule has 3 N–H and O–H groups in total. The van der Waals surface area contributed by atoms with Gasteiger partial charge in [-0.1, -0.05) is 24.3 Å². The molecule has 5 heteroatoms. The number of carboxylic acid groups (broad SMARTS) is 1. The summed E-state index contributed by atoms with van der Waals surface area (Å²) in [4.78, 5) is 23.3. The van der Waals surface area contributed by atoms with Gasteiger partial charge in [0.05, 0.1) is 11.8 Å². The van der Waals surface area contributed by atoms with Crippen LogP contribution in [0, 0.1) is 11.8 Å². The van der Waals surface area contributed by atoms with E-state index in [1.807, 2.05) is 12.2 Å². The van der Waals surface area contributed by atoms with Gasteiger partial charge in [-0.2, -0.15) is 0 Å². The number of hydrogen-bond donors (Lipinski definition) is 3. The maximum absolute atomic E-state index is 12.1. The second-order valence-electron chi connectivity index (χ2n) is 5.20. The van der Waals surface area contributed by atoms with Gasteiger partial charge in [-0.15, -0.1) is 0 Å². The Morgan fingerprint density at radius 2 is 1.71 bits per heavy atom. The van der Waals surface area contributed by atoms with Crippen molar-refractivity contribution < 1.29 is 19.8 Å².